The summed E-state index contributed by atoms with van der Waals surface area (Å²) >= 11 is 0. The van der Waals surface area contributed by atoms with Gasteiger partial charge in [0.05, 0.1) is 0 Å². The zero-order valence-corrected chi connectivity index (χ0v) is 11.6. The molecule has 0 saturated heterocycles. The first-order valence-corrected chi connectivity index (χ1v) is 6.43. The van der Waals surface area contributed by atoms with Crippen molar-refractivity contribution in [3.63, 3.8) is 0 Å². The van der Waals surface area contributed by atoms with E-state index in [0.29, 0.717) is 5.56 Å². The minimum atomic E-state index is 0.0597. The molecular weight excluding hydrogens is 236 g/mol. The summed E-state index contributed by atoms with van der Waals surface area (Å²) < 4.78 is 0. The number of aryl methyl sites for hydroxylation is 1. The average molecular weight is 254 g/mol. The molecule has 19 heavy (non-hydrogen) atoms. The van der Waals surface area contributed by atoms with E-state index >= 15 is 0 Å². The van der Waals surface area contributed by atoms with Crippen LogP contribution in [0.2, 0.25) is 0 Å². The molecule has 1 heterocycles. The number of aromatic nitrogens is 1. The monoisotopic (exact) mass is 254 g/mol. The smallest absolute Gasteiger partial charge is 0.159 e. The van der Waals surface area contributed by atoms with Gasteiger partial charge in [-0.1, -0.05) is 18.2 Å². The second-order valence-corrected chi connectivity index (χ2v) is 4.49. The van der Waals surface area contributed by atoms with E-state index in [0.717, 1.165) is 18.1 Å². The highest BCUT2D eigenvalue weighted by atomic mass is 16.1. The predicted molar refractivity (Wildman–Crippen MR) is 78.1 cm³/mol. The number of rotatable bonds is 4. The maximum atomic E-state index is 11.5. The van der Waals surface area contributed by atoms with Gasteiger partial charge in [0.1, 0.15) is 5.82 Å². The van der Waals surface area contributed by atoms with Gasteiger partial charge in [-0.2, -0.15) is 0 Å². The van der Waals surface area contributed by atoms with Gasteiger partial charge in [-0.05, 0) is 44.5 Å². The van der Waals surface area contributed by atoms with E-state index in [4.69, 9.17) is 0 Å². The van der Waals surface area contributed by atoms with Crippen LogP contribution in [0.4, 0.5) is 11.5 Å². The average Bonchev–Trinajstić information content (AvgIpc) is 2.42. The normalized spacial score (nSPS) is 10.3. The van der Waals surface area contributed by atoms with Crippen molar-refractivity contribution in [1.29, 1.82) is 0 Å². The number of ketones is 1. The molecule has 0 atom stereocenters. The van der Waals surface area contributed by atoms with Crippen molar-refractivity contribution < 1.29 is 4.79 Å². The zero-order valence-electron chi connectivity index (χ0n) is 11.6. The molecule has 0 spiro atoms. The summed E-state index contributed by atoms with van der Waals surface area (Å²) in [5.41, 5.74) is 3.01. The van der Waals surface area contributed by atoms with E-state index in [9.17, 15) is 4.79 Å². The first kappa shape index (κ1) is 13.3. The highest BCUT2D eigenvalue weighted by Gasteiger charge is 2.12. The quantitative estimate of drug-likeness (QED) is 0.779. The Morgan fingerprint density at radius 2 is 2.00 bits per heavy atom. The first-order chi connectivity index (χ1) is 9.13. The van der Waals surface area contributed by atoms with Crippen molar-refractivity contribution in [2.75, 3.05) is 11.4 Å². The highest BCUT2D eigenvalue weighted by Crippen LogP contribution is 2.26. The lowest BCUT2D eigenvalue weighted by Crippen LogP contribution is -2.18. The van der Waals surface area contributed by atoms with Crippen LogP contribution in [-0.4, -0.2) is 17.3 Å². The standard InChI is InChI=1S/C16H18N2O/c1-4-18(15-8-6-5-7-12(15)2)16-11-14(13(3)19)9-10-17-16/h5-11H,4H2,1-3H3. The minimum absolute atomic E-state index is 0.0597. The Kier molecular flexibility index (Phi) is 3.95. The van der Waals surface area contributed by atoms with E-state index in [1.807, 2.05) is 18.2 Å². The SMILES string of the molecule is CCN(c1cc(C(C)=O)ccn1)c1ccccc1C. The fourth-order valence-electron chi connectivity index (χ4n) is 2.11. The summed E-state index contributed by atoms with van der Waals surface area (Å²) in [6.07, 6.45) is 1.69. The Morgan fingerprint density at radius 3 is 2.63 bits per heavy atom. The van der Waals surface area contributed by atoms with Crippen LogP contribution in [0.3, 0.4) is 0 Å². The number of para-hydroxylation sites is 1. The third-order valence-electron chi connectivity index (χ3n) is 3.15. The second kappa shape index (κ2) is 5.65. The summed E-state index contributed by atoms with van der Waals surface area (Å²) in [4.78, 5) is 18.0. The van der Waals surface area contributed by atoms with Crippen LogP contribution in [0.25, 0.3) is 0 Å². The molecule has 0 aliphatic carbocycles. The Bertz CT molecular complexity index is 593. The molecule has 0 aliphatic heterocycles. The lowest BCUT2D eigenvalue weighted by molar-refractivity contribution is 0.101. The molecule has 3 nitrogen and oxygen atoms in total. The first-order valence-electron chi connectivity index (χ1n) is 6.43. The van der Waals surface area contributed by atoms with Crippen LogP contribution in [0.15, 0.2) is 42.6 Å². The summed E-state index contributed by atoms with van der Waals surface area (Å²) in [6.45, 7) is 6.53. The molecule has 0 saturated carbocycles. The van der Waals surface area contributed by atoms with Crippen molar-refractivity contribution in [2.45, 2.75) is 20.8 Å². The van der Waals surface area contributed by atoms with Crippen molar-refractivity contribution in [1.82, 2.24) is 4.98 Å². The Hall–Kier alpha value is -2.16. The highest BCUT2D eigenvalue weighted by molar-refractivity contribution is 5.94. The van der Waals surface area contributed by atoms with Crippen LogP contribution < -0.4 is 4.90 Å². The summed E-state index contributed by atoms with van der Waals surface area (Å²) in [5, 5.41) is 0. The van der Waals surface area contributed by atoms with Gasteiger partial charge in [-0.15, -0.1) is 0 Å². The third-order valence-corrected chi connectivity index (χ3v) is 3.15. The van der Waals surface area contributed by atoms with E-state index in [1.165, 1.54) is 5.56 Å². The number of pyridine rings is 1. The van der Waals surface area contributed by atoms with E-state index in [2.05, 4.69) is 35.9 Å². The maximum absolute atomic E-state index is 11.5. The molecule has 0 fully saturated rings. The zero-order chi connectivity index (χ0) is 13.8. The molecule has 0 unspecified atom stereocenters. The van der Waals surface area contributed by atoms with E-state index in [1.54, 1.807) is 19.2 Å². The molecule has 1 aromatic carbocycles. The molecular formula is C16H18N2O. The number of benzene rings is 1. The van der Waals surface area contributed by atoms with Crippen LogP contribution >= 0.6 is 0 Å². The molecule has 0 radical (unpaired) electrons. The van der Waals surface area contributed by atoms with Gasteiger partial charge in [-0.3, -0.25) is 4.79 Å². The van der Waals surface area contributed by atoms with Crippen molar-refractivity contribution in [3.8, 4) is 0 Å². The molecule has 1 aromatic heterocycles. The predicted octanol–water partition coefficient (Wildman–Crippen LogP) is 3.75. The molecule has 0 amide bonds. The minimum Gasteiger partial charge on any atom is -0.326 e. The summed E-state index contributed by atoms with van der Waals surface area (Å²) in [7, 11) is 0. The molecule has 2 rings (SSSR count). The molecule has 0 bridgehead atoms. The lowest BCUT2D eigenvalue weighted by Gasteiger charge is -2.24. The van der Waals surface area contributed by atoms with Crippen molar-refractivity contribution >= 4 is 17.3 Å². The third kappa shape index (κ3) is 2.81. The fraction of sp³-hybridized carbons (Fsp3) is 0.250. The Labute approximate surface area is 113 Å². The number of carbonyl (C=O) groups is 1. The number of hydrogen-bond donors (Lipinski definition) is 0. The molecule has 3 heteroatoms. The Balaban J connectivity index is 2.45. The number of nitrogens with zero attached hydrogens (tertiary/aromatic N) is 2. The van der Waals surface area contributed by atoms with E-state index < -0.39 is 0 Å². The molecule has 2 aromatic rings. The van der Waals surface area contributed by atoms with Crippen molar-refractivity contribution in [3.05, 3.63) is 53.7 Å². The van der Waals surface area contributed by atoms with Gasteiger partial charge < -0.3 is 4.90 Å². The van der Waals surface area contributed by atoms with Crippen LogP contribution in [0, 0.1) is 6.92 Å². The lowest BCUT2D eigenvalue weighted by atomic mass is 10.1. The van der Waals surface area contributed by atoms with Gasteiger partial charge in [0.15, 0.2) is 5.78 Å². The topological polar surface area (TPSA) is 33.2 Å². The second-order valence-electron chi connectivity index (χ2n) is 4.49. The Morgan fingerprint density at radius 1 is 1.26 bits per heavy atom. The van der Waals surface area contributed by atoms with Gasteiger partial charge in [0.25, 0.3) is 0 Å². The summed E-state index contributed by atoms with van der Waals surface area (Å²) in [5.74, 6) is 0.869. The number of carbonyl (C=O) groups excluding carboxylic acids is 1. The van der Waals surface area contributed by atoms with Gasteiger partial charge >= 0.3 is 0 Å². The number of Topliss-reactive ketones (excluding diaryl/α,β-unsaturated/α-hetero) is 1. The molecule has 0 N–H and O–H groups in total. The largest absolute Gasteiger partial charge is 0.326 e. The van der Waals surface area contributed by atoms with Gasteiger partial charge in [0.2, 0.25) is 0 Å². The van der Waals surface area contributed by atoms with Crippen LogP contribution in [-0.2, 0) is 0 Å². The number of hydrogen-bond acceptors (Lipinski definition) is 3. The van der Waals surface area contributed by atoms with Crippen molar-refractivity contribution in [2.24, 2.45) is 0 Å². The van der Waals surface area contributed by atoms with Gasteiger partial charge in [-0.25, -0.2) is 4.98 Å². The molecule has 98 valence electrons. The fourth-order valence-corrected chi connectivity index (χ4v) is 2.11. The molecule has 0 aliphatic rings. The van der Waals surface area contributed by atoms with Crippen LogP contribution in [0.5, 0.6) is 0 Å². The number of anilines is 2. The maximum Gasteiger partial charge on any atom is 0.159 e. The van der Waals surface area contributed by atoms with E-state index in [-0.39, 0.29) is 5.78 Å². The van der Waals surface area contributed by atoms with Gasteiger partial charge in [0, 0.05) is 24.0 Å². The summed E-state index contributed by atoms with van der Waals surface area (Å²) in [6, 6.07) is 11.8. The van der Waals surface area contributed by atoms with Crippen LogP contribution in [0.1, 0.15) is 29.8 Å².